The molecule has 1 aliphatic rings. The number of hydrogen-bond acceptors (Lipinski definition) is 4. The van der Waals surface area contributed by atoms with Crippen LogP contribution in [0, 0.1) is 0 Å². The molecule has 0 aromatic heterocycles. The first-order chi connectivity index (χ1) is 11.7. The summed E-state index contributed by atoms with van der Waals surface area (Å²) in [6, 6.07) is 8.98. The molecule has 1 atom stereocenters. The van der Waals surface area contributed by atoms with Crippen LogP contribution in [0.3, 0.4) is 0 Å². The van der Waals surface area contributed by atoms with E-state index < -0.39 is 0 Å². The van der Waals surface area contributed by atoms with Crippen molar-refractivity contribution in [3.8, 4) is 0 Å². The molecule has 2 rings (SSSR count). The van der Waals surface area contributed by atoms with Crippen molar-refractivity contribution in [3.63, 3.8) is 0 Å². The Morgan fingerprint density at radius 2 is 1.88 bits per heavy atom. The van der Waals surface area contributed by atoms with E-state index in [1.165, 1.54) is 11.1 Å². The summed E-state index contributed by atoms with van der Waals surface area (Å²) in [5.74, 6) is 0.789. The Kier molecular flexibility index (Phi) is 11.0. The molecule has 1 aromatic rings. The third kappa shape index (κ3) is 8.35. The van der Waals surface area contributed by atoms with Gasteiger partial charge in [0.2, 0.25) is 0 Å². The van der Waals surface area contributed by atoms with Crippen LogP contribution in [0.2, 0.25) is 0 Å². The largest absolute Gasteiger partial charge is 0.383 e. The number of aliphatic imine (C=N–C) groups is 1. The predicted molar refractivity (Wildman–Crippen MR) is 113 cm³/mol. The summed E-state index contributed by atoms with van der Waals surface area (Å²) in [5.41, 5.74) is 2.58. The minimum atomic E-state index is 0. The number of rotatable bonds is 7. The average molecular weight is 462 g/mol. The zero-order valence-corrected chi connectivity index (χ0v) is 17.8. The Morgan fingerprint density at radius 3 is 2.48 bits per heavy atom. The first-order valence-electron chi connectivity index (χ1n) is 8.55. The molecule has 142 valence electrons. The smallest absolute Gasteiger partial charge is 0.191 e. The summed E-state index contributed by atoms with van der Waals surface area (Å²) in [7, 11) is 3.48. The molecule has 1 heterocycles. The van der Waals surface area contributed by atoms with Gasteiger partial charge in [0.25, 0.3) is 0 Å². The number of nitrogens with zero attached hydrogens (tertiary/aromatic N) is 2. The first-order valence-corrected chi connectivity index (χ1v) is 8.55. The monoisotopic (exact) mass is 462 g/mol. The van der Waals surface area contributed by atoms with E-state index in [1.54, 1.807) is 14.2 Å². The highest BCUT2D eigenvalue weighted by molar-refractivity contribution is 14.0. The van der Waals surface area contributed by atoms with Crippen LogP contribution in [-0.2, 0) is 22.6 Å². The molecule has 0 bridgehead atoms. The number of ether oxygens (including phenoxy) is 2. The van der Waals surface area contributed by atoms with Crippen molar-refractivity contribution >= 4 is 29.9 Å². The molecule has 0 aliphatic carbocycles. The van der Waals surface area contributed by atoms with Crippen LogP contribution in [0.15, 0.2) is 29.3 Å². The van der Waals surface area contributed by atoms with Gasteiger partial charge in [-0.05, 0) is 18.1 Å². The number of methoxy groups -OCH3 is 1. The highest BCUT2D eigenvalue weighted by Gasteiger charge is 2.10. The summed E-state index contributed by atoms with van der Waals surface area (Å²) in [4.78, 5) is 6.67. The number of guanidine groups is 1. The quantitative estimate of drug-likeness (QED) is 0.368. The Bertz CT molecular complexity index is 504. The predicted octanol–water partition coefficient (Wildman–Crippen LogP) is 1.84. The number of nitrogens with one attached hydrogen (secondary N) is 2. The minimum absolute atomic E-state index is 0. The fraction of sp³-hybridized carbons (Fsp3) is 0.611. The molecule has 0 radical (unpaired) electrons. The van der Waals surface area contributed by atoms with Crippen molar-refractivity contribution in [3.05, 3.63) is 35.4 Å². The Labute approximate surface area is 168 Å². The maximum Gasteiger partial charge on any atom is 0.191 e. The highest BCUT2D eigenvalue weighted by Crippen LogP contribution is 2.09. The molecule has 7 heteroatoms. The molecular formula is C18H31IN4O2. The van der Waals surface area contributed by atoms with Crippen molar-refractivity contribution in [2.45, 2.75) is 26.1 Å². The second kappa shape index (κ2) is 12.5. The van der Waals surface area contributed by atoms with E-state index in [4.69, 9.17) is 9.47 Å². The van der Waals surface area contributed by atoms with Gasteiger partial charge in [0.05, 0.1) is 19.8 Å². The molecule has 1 aromatic carbocycles. The average Bonchev–Trinajstić information content (AvgIpc) is 2.61. The summed E-state index contributed by atoms with van der Waals surface area (Å²) in [6.45, 7) is 8.18. The Hall–Kier alpha value is -0.900. The summed E-state index contributed by atoms with van der Waals surface area (Å²) in [6.07, 6.45) is 0. The van der Waals surface area contributed by atoms with Gasteiger partial charge in [0.1, 0.15) is 0 Å². The van der Waals surface area contributed by atoms with E-state index in [0.29, 0.717) is 6.61 Å². The zero-order valence-electron chi connectivity index (χ0n) is 15.5. The molecule has 1 unspecified atom stereocenters. The van der Waals surface area contributed by atoms with E-state index in [-0.39, 0.29) is 30.0 Å². The van der Waals surface area contributed by atoms with Gasteiger partial charge in [-0.3, -0.25) is 9.89 Å². The fourth-order valence-corrected chi connectivity index (χ4v) is 2.69. The highest BCUT2D eigenvalue weighted by atomic mass is 127. The Balaban J connectivity index is 0.00000312. The minimum Gasteiger partial charge on any atom is -0.383 e. The SMILES string of the molecule is CN=C(NCc1ccc(CN2CCOCC2)cc1)NC(C)COC.I. The number of hydrogen-bond donors (Lipinski definition) is 2. The van der Waals surface area contributed by atoms with E-state index in [1.807, 2.05) is 0 Å². The van der Waals surface area contributed by atoms with Crippen LogP contribution in [0.4, 0.5) is 0 Å². The summed E-state index contributed by atoms with van der Waals surface area (Å²) in [5, 5.41) is 6.63. The van der Waals surface area contributed by atoms with Crippen molar-refractivity contribution in [1.29, 1.82) is 0 Å². The van der Waals surface area contributed by atoms with Gasteiger partial charge in [-0.1, -0.05) is 24.3 Å². The third-order valence-electron chi connectivity index (χ3n) is 4.02. The van der Waals surface area contributed by atoms with Crippen LogP contribution >= 0.6 is 24.0 Å². The van der Waals surface area contributed by atoms with E-state index >= 15 is 0 Å². The van der Waals surface area contributed by atoms with Crippen LogP contribution in [0.1, 0.15) is 18.1 Å². The summed E-state index contributed by atoms with van der Waals surface area (Å²) >= 11 is 0. The van der Waals surface area contributed by atoms with Gasteiger partial charge in [-0.15, -0.1) is 24.0 Å². The number of morpholine rings is 1. The molecule has 25 heavy (non-hydrogen) atoms. The van der Waals surface area contributed by atoms with Crippen molar-refractivity contribution < 1.29 is 9.47 Å². The maximum absolute atomic E-state index is 5.39. The first kappa shape index (κ1) is 22.1. The van der Waals surface area contributed by atoms with Crippen molar-refractivity contribution in [1.82, 2.24) is 15.5 Å². The van der Waals surface area contributed by atoms with Crippen molar-refractivity contribution in [2.24, 2.45) is 4.99 Å². The zero-order chi connectivity index (χ0) is 17.2. The second-order valence-electron chi connectivity index (χ2n) is 6.13. The van der Waals surface area contributed by atoms with E-state index in [2.05, 4.69) is 51.7 Å². The summed E-state index contributed by atoms with van der Waals surface area (Å²) < 4.78 is 10.5. The lowest BCUT2D eigenvalue weighted by Crippen LogP contribution is -2.43. The van der Waals surface area contributed by atoms with E-state index in [0.717, 1.165) is 45.4 Å². The normalized spacial score (nSPS) is 16.8. The molecule has 1 fully saturated rings. The standard InChI is InChI=1S/C18H30N4O2.HI/c1-15(14-23-3)21-18(19-2)20-12-16-4-6-17(7-5-16)13-22-8-10-24-11-9-22;/h4-7,15H,8-14H2,1-3H3,(H2,19,20,21);1H. The molecule has 0 amide bonds. The van der Waals surface area contributed by atoms with Gasteiger partial charge >= 0.3 is 0 Å². The molecule has 0 saturated carbocycles. The van der Waals surface area contributed by atoms with Crippen molar-refractivity contribution in [2.75, 3.05) is 47.1 Å². The lowest BCUT2D eigenvalue weighted by Gasteiger charge is -2.26. The van der Waals surface area contributed by atoms with Crippen LogP contribution in [0.25, 0.3) is 0 Å². The molecule has 2 N–H and O–H groups in total. The molecule has 1 saturated heterocycles. The van der Waals surface area contributed by atoms with Gasteiger partial charge in [0, 0.05) is 46.4 Å². The third-order valence-corrected chi connectivity index (χ3v) is 4.02. The maximum atomic E-state index is 5.39. The molecular weight excluding hydrogens is 431 g/mol. The van der Waals surface area contributed by atoms with Gasteiger partial charge in [-0.25, -0.2) is 0 Å². The van der Waals surface area contributed by atoms with Gasteiger partial charge in [0.15, 0.2) is 5.96 Å². The second-order valence-corrected chi connectivity index (χ2v) is 6.13. The topological polar surface area (TPSA) is 58.1 Å². The molecule has 0 spiro atoms. The lowest BCUT2D eigenvalue weighted by atomic mass is 10.1. The van der Waals surface area contributed by atoms with E-state index in [9.17, 15) is 0 Å². The number of halogens is 1. The Morgan fingerprint density at radius 1 is 1.24 bits per heavy atom. The van der Waals surface area contributed by atoms with Crippen LogP contribution in [-0.4, -0.2) is 64.0 Å². The number of benzene rings is 1. The molecule has 6 nitrogen and oxygen atoms in total. The van der Waals surface area contributed by atoms with Gasteiger partial charge in [-0.2, -0.15) is 0 Å². The van der Waals surface area contributed by atoms with Gasteiger partial charge < -0.3 is 20.1 Å². The fourth-order valence-electron chi connectivity index (χ4n) is 2.69. The lowest BCUT2D eigenvalue weighted by molar-refractivity contribution is 0.0342. The van der Waals surface area contributed by atoms with Crippen LogP contribution in [0.5, 0.6) is 0 Å². The van der Waals surface area contributed by atoms with Crippen LogP contribution < -0.4 is 10.6 Å². The molecule has 1 aliphatic heterocycles.